The molecule has 2 aromatic carbocycles. The molecule has 198 valence electrons. The molecule has 2 heterocycles. The van der Waals surface area contributed by atoms with Crippen molar-refractivity contribution in [1.82, 2.24) is 9.55 Å². The lowest BCUT2D eigenvalue weighted by Crippen LogP contribution is -2.45. The third-order valence-corrected chi connectivity index (χ3v) is 9.64. The van der Waals surface area contributed by atoms with Gasteiger partial charge < -0.3 is 4.74 Å². The Balaban J connectivity index is 1.50. The molecule has 1 aliphatic heterocycles. The Kier molecular flexibility index (Phi) is 6.81. The fourth-order valence-electron chi connectivity index (χ4n) is 6.88. The number of aromatic nitrogens is 2. The second kappa shape index (κ2) is 10.1. The second-order valence-electron chi connectivity index (χ2n) is 11.8. The number of nitrogens with zero attached hydrogens (tertiary/aromatic N) is 2. The Bertz CT molecular complexity index is 1410. The predicted molar refractivity (Wildman–Crippen MR) is 152 cm³/mol. The molecule has 0 amide bonds. The highest BCUT2D eigenvalue weighted by molar-refractivity contribution is 7.99. The van der Waals surface area contributed by atoms with E-state index >= 15 is 0 Å². The van der Waals surface area contributed by atoms with E-state index in [0.29, 0.717) is 17.3 Å². The first-order valence-corrected chi connectivity index (χ1v) is 15.0. The lowest BCUT2D eigenvalue weighted by molar-refractivity contribution is -0.0710. The number of hydrogen-bond donors (Lipinski definition) is 0. The molecule has 6 heteroatoms. The van der Waals surface area contributed by atoms with Crippen LogP contribution in [0.4, 0.5) is 0 Å². The average Bonchev–Trinajstić information content (AvgIpc) is 2.92. The van der Waals surface area contributed by atoms with Crippen LogP contribution in [-0.4, -0.2) is 33.3 Å². The highest BCUT2D eigenvalue weighted by atomic mass is 32.2. The molecule has 0 radical (unpaired) electrons. The second-order valence-corrected chi connectivity index (χ2v) is 12.7. The van der Waals surface area contributed by atoms with Crippen molar-refractivity contribution in [2.24, 2.45) is 0 Å². The van der Waals surface area contributed by atoms with Crippen molar-refractivity contribution in [3.05, 3.63) is 81.6 Å². The summed E-state index contributed by atoms with van der Waals surface area (Å²) in [6.07, 6.45) is 8.01. The molecule has 0 bridgehead atoms. The van der Waals surface area contributed by atoms with E-state index in [0.717, 1.165) is 61.8 Å². The standard InChI is InChI=1S/C32H36N2O3S/c1-31(2)20-24(15-18-37-31)34-29(36)27-28(33-30(34)38-21-26(35)22-11-5-3-6-12-22)25-14-8-7-13-23(25)19-32(27)16-9-4-10-17-32/h3,5-8,11-14,24H,4,9-10,15-21H2,1-2H3. The lowest BCUT2D eigenvalue weighted by Gasteiger charge is -2.43. The SMILES string of the molecule is CC1(C)CC(n2c(SCC(=O)c3ccccc3)nc3c(c2=O)C2(CCCCC2)Cc2ccccc2-3)CCO1. The van der Waals surface area contributed by atoms with Gasteiger partial charge >= 0.3 is 0 Å². The van der Waals surface area contributed by atoms with Gasteiger partial charge in [0.25, 0.3) is 5.56 Å². The molecule has 1 atom stereocenters. The molecular formula is C32H36N2O3S. The summed E-state index contributed by atoms with van der Waals surface area (Å²) in [7, 11) is 0. The zero-order valence-corrected chi connectivity index (χ0v) is 23.2. The Labute approximate surface area is 229 Å². The number of ketones is 1. The van der Waals surface area contributed by atoms with E-state index in [-0.39, 0.29) is 34.2 Å². The number of hydrogen-bond acceptors (Lipinski definition) is 5. The maximum atomic E-state index is 14.7. The molecule has 5 nitrogen and oxygen atoms in total. The Morgan fingerprint density at radius 1 is 1.05 bits per heavy atom. The van der Waals surface area contributed by atoms with Gasteiger partial charge in [0.05, 0.1) is 22.6 Å². The summed E-state index contributed by atoms with van der Waals surface area (Å²) in [6, 6.07) is 17.8. The summed E-state index contributed by atoms with van der Waals surface area (Å²) in [5.74, 6) is 0.292. The summed E-state index contributed by atoms with van der Waals surface area (Å²) in [5, 5.41) is 0.656. The van der Waals surface area contributed by atoms with E-state index in [1.54, 1.807) is 0 Å². The molecule has 2 aliphatic carbocycles. The van der Waals surface area contributed by atoms with Crippen LogP contribution in [0.5, 0.6) is 0 Å². The lowest BCUT2D eigenvalue weighted by atomic mass is 9.62. The van der Waals surface area contributed by atoms with Gasteiger partial charge in [-0.25, -0.2) is 4.98 Å². The molecule has 1 aromatic heterocycles. The van der Waals surface area contributed by atoms with Crippen LogP contribution in [-0.2, 0) is 16.6 Å². The normalized spacial score (nSPS) is 21.5. The van der Waals surface area contributed by atoms with E-state index in [9.17, 15) is 9.59 Å². The van der Waals surface area contributed by atoms with Crippen molar-refractivity contribution in [2.75, 3.05) is 12.4 Å². The Hall–Kier alpha value is -2.70. The molecule has 3 aliphatic rings. The van der Waals surface area contributed by atoms with Crippen molar-refractivity contribution in [2.45, 2.75) is 87.4 Å². The minimum absolute atomic E-state index is 0.00353. The van der Waals surface area contributed by atoms with Crippen LogP contribution in [0.3, 0.4) is 0 Å². The molecule has 3 aromatic rings. The van der Waals surface area contributed by atoms with E-state index in [1.165, 1.54) is 23.7 Å². The molecule has 6 rings (SSSR count). The van der Waals surface area contributed by atoms with Gasteiger partial charge in [-0.1, -0.05) is 85.6 Å². The van der Waals surface area contributed by atoms with Crippen LogP contribution in [0.1, 0.15) is 86.3 Å². The van der Waals surface area contributed by atoms with E-state index < -0.39 is 0 Å². The van der Waals surface area contributed by atoms with Crippen LogP contribution in [0.2, 0.25) is 0 Å². The first-order chi connectivity index (χ1) is 18.4. The molecule has 1 saturated heterocycles. The first-order valence-electron chi connectivity index (χ1n) is 14.0. The number of carbonyl (C=O) groups is 1. The highest BCUT2D eigenvalue weighted by Crippen LogP contribution is 2.49. The van der Waals surface area contributed by atoms with Crippen molar-refractivity contribution >= 4 is 17.5 Å². The first kappa shape index (κ1) is 25.6. The third kappa shape index (κ3) is 4.66. The van der Waals surface area contributed by atoms with Gasteiger partial charge in [0.1, 0.15) is 0 Å². The average molecular weight is 529 g/mol. The van der Waals surface area contributed by atoms with Gasteiger partial charge in [-0.15, -0.1) is 0 Å². The highest BCUT2D eigenvalue weighted by Gasteiger charge is 2.44. The minimum Gasteiger partial charge on any atom is -0.375 e. The van der Waals surface area contributed by atoms with E-state index in [4.69, 9.17) is 9.72 Å². The molecule has 1 spiro atoms. The number of rotatable bonds is 5. The molecular weight excluding hydrogens is 492 g/mol. The predicted octanol–water partition coefficient (Wildman–Crippen LogP) is 6.77. The zero-order chi connectivity index (χ0) is 26.3. The number of carbonyl (C=O) groups excluding carboxylic acids is 1. The van der Waals surface area contributed by atoms with Crippen LogP contribution in [0, 0.1) is 0 Å². The van der Waals surface area contributed by atoms with E-state index in [2.05, 4.69) is 32.0 Å². The number of Topliss-reactive ketones (excluding diaryl/α,β-unsaturated/α-hetero) is 1. The number of thioether (sulfide) groups is 1. The van der Waals surface area contributed by atoms with Crippen LogP contribution >= 0.6 is 11.8 Å². The topological polar surface area (TPSA) is 61.2 Å². The molecule has 1 unspecified atom stereocenters. The fourth-order valence-corrected chi connectivity index (χ4v) is 7.84. The van der Waals surface area contributed by atoms with Gasteiger partial charge in [-0.3, -0.25) is 14.2 Å². The van der Waals surface area contributed by atoms with E-state index in [1.807, 2.05) is 41.0 Å². The summed E-state index contributed by atoms with van der Waals surface area (Å²) in [6.45, 7) is 4.81. The molecule has 38 heavy (non-hydrogen) atoms. The third-order valence-electron chi connectivity index (χ3n) is 8.69. The molecule has 2 fully saturated rings. The number of benzene rings is 2. The van der Waals surface area contributed by atoms with Crippen molar-refractivity contribution in [3.63, 3.8) is 0 Å². The van der Waals surface area contributed by atoms with Crippen LogP contribution < -0.4 is 5.56 Å². The van der Waals surface area contributed by atoms with Crippen LogP contribution in [0.15, 0.2) is 64.5 Å². The van der Waals surface area contributed by atoms with Gasteiger partial charge in [0, 0.05) is 29.2 Å². The molecule has 0 N–H and O–H groups in total. The van der Waals surface area contributed by atoms with Crippen molar-refractivity contribution < 1.29 is 9.53 Å². The van der Waals surface area contributed by atoms with Gasteiger partial charge in [-0.2, -0.15) is 0 Å². The Morgan fingerprint density at radius 3 is 2.55 bits per heavy atom. The molecule has 1 saturated carbocycles. The largest absolute Gasteiger partial charge is 0.375 e. The fraction of sp³-hybridized carbons (Fsp3) is 0.469. The minimum atomic E-state index is -0.310. The van der Waals surface area contributed by atoms with Gasteiger partial charge in [0.2, 0.25) is 0 Å². The maximum Gasteiger partial charge on any atom is 0.258 e. The monoisotopic (exact) mass is 528 g/mol. The van der Waals surface area contributed by atoms with Crippen molar-refractivity contribution in [1.29, 1.82) is 0 Å². The number of ether oxygens (including phenoxy) is 1. The zero-order valence-electron chi connectivity index (χ0n) is 22.4. The maximum absolute atomic E-state index is 14.7. The summed E-state index contributed by atoms with van der Waals surface area (Å²) in [4.78, 5) is 33.1. The van der Waals surface area contributed by atoms with Gasteiger partial charge in [-0.05, 0) is 51.5 Å². The smallest absolute Gasteiger partial charge is 0.258 e. The Morgan fingerprint density at radius 2 is 1.79 bits per heavy atom. The number of fused-ring (bicyclic) bond motifs is 4. The summed E-state index contributed by atoms with van der Waals surface area (Å²) >= 11 is 1.40. The van der Waals surface area contributed by atoms with Crippen LogP contribution in [0.25, 0.3) is 11.3 Å². The summed E-state index contributed by atoms with van der Waals surface area (Å²) in [5.41, 5.74) is 4.44. The van der Waals surface area contributed by atoms with Gasteiger partial charge in [0.15, 0.2) is 10.9 Å². The quantitative estimate of drug-likeness (QED) is 0.208. The summed E-state index contributed by atoms with van der Waals surface area (Å²) < 4.78 is 7.98. The van der Waals surface area contributed by atoms with Crippen molar-refractivity contribution in [3.8, 4) is 11.3 Å².